The fourth-order valence-corrected chi connectivity index (χ4v) is 4.20. The largest absolute Gasteiger partial charge is 0.295 e. The highest BCUT2D eigenvalue weighted by atomic mass is 79.9. The molecule has 0 fully saturated rings. The molecule has 0 unspecified atom stereocenters. The van der Waals surface area contributed by atoms with Crippen LogP contribution in [-0.2, 0) is 10.0 Å². The SMILES string of the molecule is Cc1ccc(S(=O)(=O)n2cc([N+](=O)[O-])c3cc(Br)c(Cl)cc32)cc1. The van der Waals surface area contributed by atoms with Crippen LogP contribution in [0.2, 0.25) is 5.02 Å². The molecule has 0 aliphatic rings. The summed E-state index contributed by atoms with van der Waals surface area (Å²) in [5.74, 6) is 0. The van der Waals surface area contributed by atoms with Gasteiger partial charge in [0.25, 0.3) is 15.7 Å². The van der Waals surface area contributed by atoms with E-state index in [0.717, 1.165) is 15.7 Å². The van der Waals surface area contributed by atoms with E-state index in [9.17, 15) is 18.5 Å². The Morgan fingerprint density at radius 3 is 2.42 bits per heavy atom. The van der Waals surface area contributed by atoms with Crippen LogP contribution in [0.3, 0.4) is 0 Å². The van der Waals surface area contributed by atoms with E-state index in [-0.39, 0.29) is 26.5 Å². The minimum absolute atomic E-state index is 0.0407. The van der Waals surface area contributed by atoms with Crippen molar-refractivity contribution in [3.63, 3.8) is 0 Å². The molecule has 3 aromatic rings. The van der Waals surface area contributed by atoms with Crippen molar-refractivity contribution in [2.45, 2.75) is 11.8 Å². The Morgan fingerprint density at radius 2 is 1.83 bits per heavy atom. The van der Waals surface area contributed by atoms with Gasteiger partial charge in [-0.15, -0.1) is 0 Å². The lowest BCUT2D eigenvalue weighted by molar-refractivity contribution is -0.383. The number of fused-ring (bicyclic) bond motifs is 1. The molecular weight excluding hydrogens is 420 g/mol. The summed E-state index contributed by atoms with van der Waals surface area (Å²) in [4.78, 5) is 10.7. The van der Waals surface area contributed by atoms with Gasteiger partial charge < -0.3 is 0 Å². The van der Waals surface area contributed by atoms with E-state index in [1.165, 1.54) is 24.3 Å². The van der Waals surface area contributed by atoms with Crippen molar-refractivity contribution >= 4 is 54.1 Å². The third-order valence-electron chi connectivity index (χ3n) is 3.57. The van der Waals surface area contributed by atoms with Crippen LogP contribution in [-0.4, -0.2) is 17.3 Å². The highest BCUT2D eigenvalue weighted by molar-refractivity contribution is 9.10. The van der Waals surface area contributed by atoms with Gasteiger partial charge in [0.05, 0.1) is 31.9 Å². The number of halogens is 2. The fourth-order valence-electron chi connectivity index (χ4n) is 2.34. The minimum atomic E-state index is -3.99. The molecule has 9 heteroatoms. The molecule has 0 amide bonds. The van der Waals surface area contributed by atoms with E-state index < -0.39 is 14.9 Å². The van der Waals surface area contributed by atoms with Crippen LogP contribution in [0.1, 0.15) is 5.56 Å². The van der Waals surface area contributed by atoms with Crippen molar-refractivity contribution in [2.24, 2.45) is 0 Å². The van der Waals surface area contributed by atoms with Gasteiger partial charge in [-0.1, -0.05) is 29.3 Å². The predicted molar refractivity (Wildman–Crippen MR) is 95.1 cm³/mol. The van der Waals surface area contributed by atoms with E-state index >= 15 is 0 Å². The molecular formula is C15H10BrClN2O4S. The number of aromatic nitrogens is 1. The van der Waals surface area contributed by atoms with Crippen LogP contribution in [0.5, 0.6) is 0 Å². The maximum atomic E-state index is 12.9. The third-order valence-corrected chi connectivity index (χ3v) is 6.45. The van der Waals surface area contributed by atoms with Crippen LogP contribution in [0.25, 0.3) is 10.9 Å². The van der Waals surface area contributed by atoms with Gasteiger partial charge in [0.2, 0.25) is 0 Å². The molecule has 6 nitrogen and oxygen atoms in total. The molecule has 0 saturated heterocycles. The summed E-state index contributed by atoms with van der Waals surface area (Å²) in [6.45, 7) is 1.84. The fraction of sp³-hybridized carbons (Fsp3) is 0.0667. The molecule has 2 aromatic carbocycles. The average Bonchev–Trinajstić information content (AvgIpc) is 2.87. The molecule has 1 heterocycles. The summed E-state index contributed by atoms with van der Waals surface area (Å²) < 4.78 is 27.1. The van der Waals surface area contributed by atoms with E-state index in [1.54, 1.807) is 12.1 Å². The Balaban J connectivity index is 2.35. The smallest absolute Gasteiger partial charge is 0.258 e. The second-order valence-electron chi connectivity index (χ2n) is 5.17. The summed E-state index contributed by atoms with van der Waals surface area (Å²) in [6.07, 6.45) is 1.00. The molecule has 124 valence electrons. The van der Waals surface area contributed by atoms with Crippen LogP contribution >= 0.6 is 27.5 Å². The Kier molecular flexibility index (Phi) is 4.15. The molecule has 0 atom stereocenters. The molecule has 0 saturated carbocycles. The maximum absolute atomic E-state index is 12.9. The highest BCUT2D eigenvalue weighted by Crippen LogP contribution is 2.36. The number of aryl methyl sites for hydroxylation is 1. The second-order valence-corrected chi connectivity index (χ2v) is 8.25. The number of nitro groups is 1. The molecule has 0 N–H and O–H groups in total. The number of benzene rings is 2. The lowest BCUT2D eigenvalue weighted by Gasteiger charge is -2.08. The van der Waals surface area contributed by atoms with Crippen molar-refractivity contribution < 1.29 is 13.3 Å². The van der Waals surface area contributed by atoms with Gasteiger partial charge >= 0.3 is 0 Å². The van der Waals surface area contributed by atoms with Crippen LogP contribution < -0.4 is 0 Å². The van der Waals surface area contributed by atoms with Crippen LogP contribution in [0.15, 0.2) is 52.0 Å². The van der Waals surface area contributed by atoms with Crippen molar-refractivity contribution in [1.29, 1.82) is 0 Å². The zero-order chi connectivity index (χ0) is 17.6. The van der Waals surface area contributed by atoms with E-state index in [0.29, 0.717) is 4.47 Å². The van der Waals surface area contributed by atoms with Gasteiger partial charge in [0.1, 0.15) is 0 Å². The summed E-state index contributed by atoms with van der Waals surface area (Å²) >= 11 is 9.24. The van der Waals surface area contributed by atoms with E-state index in [1.807, 2.05) is 6.92 Å². The number of nitrogens with zero attached hydrogens (tertiary/aromatic N) is 2. The molecule has 1 aromatic heterocycles. The van der Waals surface area contributed by atoms with Gasteiger partial charge in [-0.2, -0.15) is 0 Å². The highest BCUT2D eigenvalue weighted by Gasteiger charge is 2.26. The Bertz CT molecular complexity index is 1080. The van der Waals surface area contributed by atoms with Crippen LogP contribution in [0, 0.1) is 17.0 Å². The summed E-state index contributed by atoms with van der Waals surface area (Å²) in [6, 6.07) is 9.08. The Morgan fingerprint density at radius 1 is 1.21 bits per heavy atom. The van der Waals surface area contributed by atoms with Gasteiger partial charge in [-0.25, -0.2) is 12.4 Å². The minimum Gasteiger partial charge on any atom is -0.258 e. The normalized spacial score (nSPS) is 11.8. The van der Waals surface area contributed by atoms with Gasteiger partial charge in [0, 0.05) is 4.47 Å². The quantitative estimate of drug-likeness (QED) is 0.453. The first kappa shape index (κ1) is 16.9. The standard InChI is InChI=1S/C15H10BrClN2O4S/c1-9-2-4-10(5-3-9)24(22,23)18-8-15(19(20)21)11-6-12(16)13(17)7-14(11)18/h2-8H,1H3. The predicted octanol–water partition coefficient (Wildman–Crippen LogP) is 4.51. The Hall–Kier alpha value is -1.90. The molecule has 3 rings (SSSR count). The van der Waals surface area contributed by atoms with Crippen molar-refractivity contribution in [3.8, 4) is 0 Å². The van der Waals surface area contributed by atoms with Crippen molar-refractivity contribution in [1.82, 2.24) is 3.97 Å². The van der Waals surface area contributed by atoms with E-state index in [4.69, 9.17) is 11.6 Å². The first-order chi connectivity index (χ1) is 11.2. The molecule has 0 bridgehead atoms. The lowest BCUT2D eigenvalue weighted by Crippen LogP contribution is -2.11. The Labute approximate surface area is 151 Å². The van der Waals surface area contributed by atoms with Crippen molar-refractivity contribution in [3.05, 3.63) is 67.8 Å². The second kappa shape index (κ2) is 5.87. The molecule has 0 aliphatic heterocycles. The lowest BCUT2D eigenvalue weighted by atomic mass is 10.2. The van der Waals surface area contributed by atoms with Crippen molar-refractivity contribution in [2.75, 3.05) is 0 Å². The summed E-state index contributed by atoms with van der Waals surface area (Å²) in [5.41, 5.74) is 0.748. The number of hydrogen-bond acceptors (Lipinski definition) is 4. The summed E-state index contributed by atoms with van der Waals surface area (Å²) in [7, 11) is -3.99. The monoisotopic (exact) mass is 428 g/mol. The zero-order valence-corrected chi connectivity index (χ0v) is 15.4. The third kappa shape index (κ3) is 2.70. The van der Waals surface area contributed by atoms with E-state index in [2.05, 4.69) is 15.9 Å². The first-order valence-corrected chi connectivity index (χ1v) is 9.29. The van der Waals surface area contributed by atoms with Gasteiger partial charge in [0.15, 0.2) is 0 Å². The number of hydrogen-bond donors (Lipinski definition) is 0. The van der Waals surface area contributed by atoms with Gasteiger partial charge in [-0.3, -0.25) is 10.1 Å². The van der Waals surface area contributed by atoms with Crippen LogP contribution in [0.4, 0.5) is 5.69 Å². The topological polar surface area (TPSA) is 82.2 Å². The summed E-state index contributed by atoms with van der Waals surface area (Å²) in [5, 5.41) is 11.7. The molecule has 0 spiro atoms. The molecule has 0 aliphatic carbocycles. The van der Waals surface area contributed by atoms with Gasteiger partial charge in [-0.05, 0) is 47.1 Å². The zero-order valence-electron chi connectivity index (χ0n) is 12.2. The molecule has 0 radical (unpaired) electrons. The average molecular weight is 430 g/mol. The molecule has 24 heavy (non-hydrogen) atoms. The maximum Gasteiger partial charge on any atom is 0.295 e. The first-order valence-electron chi connectivity index (χ1n) is 6.68. The number of rotatable bonds is 3.